The van der Waals surface area contributed by atoms with Gasteiger partial charge in [-0.25, -0.2) is 0 Å². The van der Waals surface area contributed by atoms with E-state index in [-0.39, 0.29) is 29.6 Å². The molecular formula is C15H26N2O3. The van der Waals surface area contributed by atoms with E-state index in [4.69, 9.17) is 0 Å². The van der Waals surface area contributed by atoms with Crippen LogP contribution in [0.5, 0.6) is 0 Å². The first kappa shape index (κ1) is 15.3. The Hall–Kier alpha value is -1.10. The average molecular weight is 282 g/mol. The first-order chi connectivity index (χ1) is 9.49. The van der Waals surface area contributed by atoms with Crippen LogP contribution in [-0.2, 0) is 9.59 Å². The van der Waals surface area contributed by atoms with Crippen molar-refractivity contribution >= 4 is 11.8 Å². The molecule has 1 saturated heterocycles. The van der Waals surface area contributed by atoms with Crippen LogP contribution in [0.15, 0.2) is 0 Å². The summed E-state index contributed by atoms with van der Waals surface area (Å²) in [7, 11) is 0. The van der Waals surface area contributed by atoms with Gasteiger partial charge in [0.2, 0.25) is 11.8 Å². The van der Waals surface area contributed by atoms with Gasteiger partial charge in [0.05, 0.1) is 12.0 Å². The summed E-state index contributed by atoms with van der Waals surface area (Å²) in [6, 6.07) is 0. The van der Waals surface area contributed by atoms with Crippen LogP contribution in [0, 0.1) is 17.8 Å². The van der Waals surface area contributed by atoms with Crippen LogP contribution in [0.2, 0.25) is 0 Å². The van der Waals surface area contributed by atoms with E-state index < -0.39 is 6.10 Å². The minimum Gasteiger partial charge on any atom is -0.391 e. The zero-order valence-electron chi connectivity index (χ0n) is 12.5. The predicted molar refractivity (Wildman–Crippen MR) is 75.9 cm³/mol. The molecule has 0 aromatic heterocycles. The van der Waals surface area contributed by atoms with E-state index in [0.29, 0.717) is 13.1 Å². The maximum atomic E-state index is 12.1. The molecule has 1 saturated carbocycles. The van der Waals surface area contributed by atoms with Gasteiger partial charge in [-0.05, 0) is 31.6 Å². The second-order valence-electron chi connectivity index (χ2n) is 6.45. The smallest absolute Gasteiger partial charge is 0.225 e. The molecule has 1 aliphatic carbocycles. The number of piperidine rings is 1. The highest BCUT2D eigenvalue weighted by atomic mass is 16.3. The molecule has 0 spiro atoms. The molecule has 2 aliphatic rings. The van der Waals surface area contributed by atoms with Gasteiger partial charge >= 0.3 is 0 Å². The maximum Gasteiger partial charge on any atom is 0.225 e. The number of carbonyl (C=O) groups is 2. The van der Waals surface area contributed by atoms with Crippen LogP contribution in [0.4, 0.5) is 0 Å². The number of hydrogen-bond acceptors (Lipinski definition) is 3. The van der Waals surface area contributed by atoms with Crippen molar-refractivity contribution in [3.05, 3.63) is 0 Å². The first-order valence-corrected chi connectivity index (χ1v) is 7.73. The van der Waals surface area contributed by atoms with Crippen LogP contribution in [0.25, 0.3) is 0 Å². The quantitative estimate of drug-likeness (QED) is 0.782. The monoisotopic (exact) mass is 282 g/mol. The van der Waals surface area contributed by atoms with Crippen molar-refractivity contribution < 1.29 is 14.7 Å². The Morgan fingerprint density at radius 1 is 1.25 bits per heavy atom. The summed E-state index contributed by atoms with van der Waals surface area (Å²) in [5.74, 6) is 0.433. The van der Waals surface area contributed by atoms with Gasteiger partial charge in [0.25, 0.3) is 0 Å². The lowest BCUT2D eigenvalue weighted by Gasteiger charge is -2.32. The van der Waals surface area contributed by atoms with Crippen molar-refractivity contribution in [1.82, 2.24) is 10.2 Å². The Labute approximate surface area is 120 Å². The third-order valence-corrected chi connectivity index (χ3v) is 4.29. The fraction of sp³-hybridized carbons (Fsp3) is 0.867. The van der Waals surface area contributed by atoms with Gasteiger partial charge in [0, 0.05) is 25.6 Å². The van der Waals surface area contributed by atoms with Gasteiger partial charge < -0.3 is 15.3 Å². The molecule has 0 aromatic carbocycles. The molecule has 0 aromatic rings. The fourth-order valence-corrected chi connectivity index (χ4v) is 2.57. The lowest BCUT2D eigenvalue weighted by atomic mass is 9.96. The molecule has 114 valence electrons. The molecule has 2 N–H and O–H groups in total. The van der Waals surface area contributed by atoms with E-state index in [0.717, 1.165) is 32.2 Å². The predicted octanol–water partition coefficient (Wildman–Crippen LogP) is 0.768. The number of carbonyl (C=O) groups excluding carboxylic acids is 2. The zero-order valence-corrected chi connectivity index (χ0v) is 12.5. The Morgan fingerprint density at radius 3 is 2.55 bits per heavy atom. The van der Waals surface area contributed by atoms with Crippen molar-refractivity contribution in [1.29, 1.82) is 0 Å². The second-order valence-corrected chi connectivity index (χ2v) is 6.45. The SMILES string of the molecule is CC(C)C(O)CNC(=O)C1CCCN(C(=O)C2CC2)C1. The molecule has 1 heterocycles. The summed E-state index contributed by atoms with van der Waals surface area (Å²) >= 11 is 0. The topological polar surface area (TPSA) is 69.6 Å². The molecule has 0 radical (unpaired) electrons. The highest BCUT2D eigenvalue weighted by Crippen LogP contribution is 2.32. The summed E-state index contributed by atoms with van der Waals surface area (Å²) in [5, 5.41) is 12.5. The molecule has 2 rings (SSSR count). The summed E-state index contributed by atoms with van der Waals surface area (Å²) in [5.41, 5.74) is 0. The second kappa shape index (κ2) is 6.57. The molecular weight excluding hydrogens is 256 g/mol. The number of amides is 2. The third-order valence-electron chi connectivity index (χ3n) is 4.29. The molecule has 2 fully saturated rings. The van der Waals surface area contributed by atoms with Gasteiger partial charge in [-0.2, -0.15) is 0 Å². The number of rotatable bonds is 5. The number of aliphatic hydroxyl groups excluding tert-OH is 1. The maximum absolute atomic E-state index is 12.1. The lowest BCUT2D eigenvalue weighted by Crippen LogP contribution is -2.47. The van der Waals surface area contributed by atoms with E-state index in [1.54, 1.807) is 0 Å². The van der Waals surface area contributed by atoms with E-state index >= 15 is 0 Å². The highest BCUT2D eigenvalue weighted by molar-refractivity contribution is 5.83. The molecule has 5 heteroatoms. The standard InChI is InChI=1S/C15H26N2O3/c1-10(2)13(18)8-16-14(19)12-4-3-7-17(9-12)15(20)11-5-6-11/h10-13,18H,3-9H2,1-2H3,(H,16,19). The van der Waals surface area contributed by atoms with Crippen LogP contribution in [0.1, 0.15) is 39.5 Å². The van der Waals surface area contributed by atoms with Gasteiger partial charge in [-0.3, -0.25) is 9.59 Å². The Morgan fingerprint density at radius 2 is 1.95 bits per heavy atom. The molecule has 2 amide bonds. The van der Waals surface area contributed by atoms with Gasteiger partial charge in [0.15, 0.2) is 0 Å². The number of aliphatic hydroxyl groups is 1. The number of likely N-dealkylation sites (tertiary alicyclic amines) is 1. The van der Waals surface area contributed by atoms with Crippen molar-refractivity contribution in [2.24, 2.45) is 17.8 Å². The van der Waals surface area contributed by atoms with Gasteiger partial charge in [-0.1, -0.05) is 13.8 Å². The molecule has 2 atom stereocenters. The Bertz CT molecular complexity index is 366. The summed E-state index contributed by atoms with van der Waals surface area (Å²) in [6.07, 6.45) is 3.23. The number of hydrogen-bond donors (Lipinski definition) is 2. The van der Waals surface area contributed by atoms with Crippen molar-refractivity contribution in [3.8, 4) is 0 Å². The lowest BCUT2D eigenvalue weighted by molar-refractivity contribution is -0.137. The van der Waals surface area contributed by atoms with Crippen molar-refractivity contribution in [3.63, 3.8) is 0 Å². The van der Waals surface area contributed by atoms with E-state index in [1.807, 2.05) is 18.7 Å². The minimum atomic E-state index is -0.508. The van der Waals surface area contributed by atoms with Crippen LogP contribution in [0.3, 0.4) is 0 Å². The van der Waals surface area contributed by atoms with Crippen molar-refractivity contribution in [2.45, 2.75) is 45.6 Å². The first-order valence-electron chi connectivity index (χ1n) is 7.73. The van der Waals surface area contributed by atoms with E-state index in [9.17, 15) is 14.7 Å². The molecule has 1 aliphatic heterocycles. The summed E-state index contributed by atoms with van der Waals surface area (Å²) < 4.78 is 0. The van der Waals surface area contributed by atoms with Crippen LogP contribution >= 0.6 is 0 Å². The van der Waals surface area contributed by atoms with Crippen LogP contribution in [-0.4, -0.2) is 47.6 Å². The van der Waals surface area contributed by atoms with Crippen LogP contribution < -0.4 is 5.32 Å². The molecule has 20 heavy (non-hydrogen) atoms. The molecule has 5 nitrogen and oxygen atoms in total. The summed E-state index contributed by atoms with van der Waals surface area (Å²) in [4.78, 5) is 26.0. The number of nitrogens with zero attached hydrogens (tertiary/aromatic N) is 1. The Kier molecular flexibility index (Phi) is 5.02. The fourth-order valence-electron chi connectivity index (χ4n) is 2.57. The zero-order chi connectivity index (χ0) is 14.7. The van der Waals surface area contributed by atoms with Gasteiger partial charge in [-0.15, -0.1) is 0 Å². The molecule has 2 unspecified atom stereocenters. The summed E-state index contributed by atoms with van der Waals surface area (Å²) in [6.45, 7) is 5.47. The number of nitrogens with one attached hydrogen (secondary N) is 1. The van der Waals surface area contributed by atoms with E-state index in [1.165, 1.54) is 0 Å². The average Bonchev–Trinajstić information content (AvgIpc) is 3.28. The minimum absolute atomic E-state index is 0.0296. The largest absolute Gasteiger partial charge is 0.391 e. The molecule has 0 bridgehead atoms. The van der Waals surface area contributed by atoms with E-state index in [2.05, 4.69) is 5.32 Å². The Balaban J connectivity index is 1.79. The van der Waals surface area contributed by atoms with Gasteiger partial charge in [0.1, 0.15) is 0 Å². The normalized spacial score (nSPS) is 24.6. The van der Waals surface area contributed by atoms with Crippen molar-refractivity contribution in [2.75, 3.05) is 19.6 Å². The highest BCUT2D eigenvalue weighted by Gasteiger charge is 2.36. The third kappa shape index (κ3) is 3.95.